The fraction of sp³-hybridized carbons (Fsp3) is 0.632. The fourth-order valence-corrected chi connectivity index (χ4v) is 3.59. The molecule has 5 nitrogen and oxygen atoms in total. The number of nitrogens with one attached hydrogen (secondary N) is 2. The van der Waals surface area contributed by atoms with Crippen LogP contribution in [0.15, 0.2) is 35.3 Å². The van der Waals surface area contributed by atoms with Crippen LogP contribution in [-0.2, 0) is 4.74 Å². The molecule has 140 valence electrons. The lowest BCUT2D eigenvalue weighted by Crippen LogP contribution is -2.51. The molecule has 2 fully saturated rings. The Balaban J connectivity index is 0.00000225. The Morgan fingerprint density at radius 3 is 2.88 bits per heavy atom. The van der Waals surface area contributed by atoms with Crippen molar-refractivity contribution in [2.75, 3.05) is 39.8 Å². The van der Waals surface area contributed by atoms with Gasteiger partial charge in [0.25, 0.3) is 0 Å². The molecule has 6 heteroatoms. The first kappa shape index (κ1) is 20.5. The lowest BCUT2D eigenvalue weighted by atomic mass is 10.0. The summed E-state index contributed by atoms with van der Waals surface area (Å²) in [6.45, 7) is 7.05. The molecule has 25 heavy (non-hydrogen) atoms. The van der Waals surface area contributed by atoms with E-state index in [1.807, 2.05) is 7.05 Å². The van der Waals surface area contributed by atoms with E-state index >= 15 is 0 Å². The normalized spacial score (nSPS) is 25.0. The standard InChI is InChI=1S/C19H30N4O.HI/c1-15(16-7-4-3-5-8-16)11-21-19(20-2)22-12-18-13-23-10-6-9-17(23)14-24-18;/h3-5,7-8,15,17-18H,6,9-14H2,1-2H3,(H2,20,21,22);1H. The van der Waals surface area contributed by atoms with E-state index in [9.17, 15) is 0 Å². The molecule has 0 aromatic heterocycles. The molecule has 2 aliphatic rings. The molecule has 0 spiro atoms. The van der Waals surface area contributed by atoms with Crippen molar-refractivity contribution in [2.45, 2.75) is 37.8 Å². The van der Waals surface area contributed by atoms with Crippen LogP contribution in [0, 0.1) is 0 Å². The summed E-state index contributed by atoms with van der Waals surface area (Å²) in [5.41, 5.74) is 1.34. The highest BCUT2D eigenvalue weighted by Gasteiger charge is 2.32. The summed E-state index contributed by atoms with van der Waals surface area (Å²) in [6, 6.07) is 11.2. The van der Waals surface area contributed by atoms with Crippen LogP contribution in [0.1, 0.15) is 31.2 Å². The molecule has 0 bridgehead atoms. The summed E-state index contributed by atoms with van der Waals surface area (Å²) in [7, 11) is 1.82. The number of hydrogen-bond acceptors (Lipinski definition) is 3. The summed E-state index contributed by atoms with van der Waals surface area (Å²) in [4.78, 5) is 6.90. The average molecular weight is 458 g/mol. The van der Waals surface area contributed by atoms with Gasteiger partial charge in [0.15, 0.2) is 5.96 Å². The molecule has 0 saturated carbocycles. The zero-order valence-electron chi connectivity index (χ0n) is 15.3. The van der Waals surface area contributed by atoms with E-state index in [1.54, 1.807) is 0 Å². The number of hydrogen-bond donors (Lipinski definition) is 2. The van der Waals surface area contributed by atoms with Gasteiger partial charge in [-0.3, -0.25) is 9.89 Å². The van der Waals surface area contributed by atoms with Crippen molar-refractivity contribution in [1.82, 2.24) is 15.5 Å². The minimum Gasteiger partial charge on any atom is -0.373 e. The number of morpholine rings is 1. The molecule has 2 N–H and O–H groups in total. The van der Waals surface area contributed by atoms with E-state index in [-0.39, 0.29) is 30.1 Å². The first-order chi connectivity index (χ1) is 11.8. The molecule has 0 aliphatic carbocycles. The second-order valence-corrected chi connectivity index (χ2v) is 6.89. The van der Waals surface area contributed by atoms with Gasteiger partial charge in [0.1, 0.15) is 0 Å². The zero-order valence-corrected chi connectivity index (χ0v) is 17.6. The number of fused-ring (bicyclic) bond motifs is 1. The van der Waals surface area contributed by atoms with Gasteiger partial charge >= 0.3 is 0 Å². The number of halogens is 1. The lowest BCUT2D eigenvalue weighted by molar-refractivity contribution is -0.0453. The molecule has 0 amide bonds. The minimum absolute atomic E-state index is 0. The third-order valence-corrected chi connectivity index (χ3v) is 5.13. The molecule has 2 heterocycles. The van der Waals surface area contributed by atoms with Crippen molar-refractivity contribution in [2.24, 2.45) is 4.99 Å². The molecule has 3 atom stereocenters. The van der Waals surface area contributed by atoms with Crippen LogP contribution in [0.5, 0.6) is 0 Å². The molecule has 2 aliphatic heterocycles. The van der Waals surface area contributed by atoms with Gasteiger partial charge in [-0.2, -0.15) is 0 Å². The Morgan fingerprint density at radius 1 is 1.32 bits per heavy atom. The van der Waals surface area contributed by atoms with Crippen molar-refractivity contribution >= 4 is 29.9 Å². The molecule has 3 unspecified atom stereocenters. The number of aliphatic imine (C=N–C) groups is 1. The second-order valence-electron chi connectivity index (χ2n) is 6.89. The van der Waals surface area contributed by atoms with Crippen LogP contribution < -0.4 is 10.6 Å². The molecular weight excluding hydrogens is 427 g/mol. The highest BCUT2D eigenvalue weighted by atomic mass is 127. The summed E-state index contributed by atoms with van der Waals surface area (Å²) in [5, 5.41) is 6.84. The summed E-state index contributed by atoms with van der Waals surface area (Å²) >= 11 is 0. The van der Waals surface area contributed by atoms with E-state index < -0.39 is 0 Å². The summed E-state index contributed by atoms with van der Waals surface area (Å²) in [6.07, 6.45) is 2.86. The third kappa shape index (κ3) is 5.82. The van der Waals surface area contributed by atoms with Crippen LogP contribution in [0.3, 0.4) is 0 Å². The number of nitrogens with zero attached hydrogens (tertiary/aromatic N) is 2. The van der Waals surface area contributed by atoms with Gasteiger partial charge in [-0.15, -0.1) is 24.0 Å². The number of benzene rings is 1. The van der Waals surface area contributed by atoms with Crippen LogP contribution in [-0.4, -0.2) is 62.8 Å². The molecular formula is C19H31IN4O. The topological polar surface area (TPSA) is 48.9 Å². The van der Waals surface area contributed by atoms with E-state index in [2.05, 4.69) is 57.8 Å². The molecule has 1 aromatic carbocycles. The second kappa shape index (κ2) is 10.3. The van der Waals surface area contributed by atoms with E-state index in [1.165, 1.54) is 24.9 Å². The van der Waals surface area contributed by atoms with Gasteiger partial charge in [0.2, 0.25) is 0 Å². The molecule has 0 radical (unpaired) electrons. The number of guanidine groups is 1. The number of rotatable bonds is 5. The molecule has 3 rings (SSSR count). The Hall–Kier alpha value is -0.860. The SMILES string of the molecule is CN=C(NCC1CN2CCCC2CO1)NCC(C)c1ccccc1.I. The fourth-order valence-electron chi connectivity index (χ4n) is 3.59. The highest BCUT2D eigenvalue weighted by Crippen LogP contribution is 2.22. The maximum atomic E-state index is 5.99. The van der Waals surface area contributed by atoms with Gasteiger partial charge in [-0.05, 0) is 30.9 Å². The van der Waals surface area contributed by atoms with Crippen LogP contribution in [0.2, 0.25) is 0 Å². The Labute approximate surface area is 168 Å². The first-order valence-electron chi connectivity index (χ1n) is 9.11. The average Bonchev–Trinajstić information content (AvgIpc) is 3.10. The third-order valence-electron chi connectivity index (χ3n) is 5.13. The quantitative estimate of drug-likeness (QED) is 0.405. The monoisotopic (exact) mass is 458 g/mol. The van der Waals surface area contributed by atoms with E-state index in [0.29, 0.717) is 12.0 Å². The highest BCUT2D eigenvalue weighted by molar-refractivity contribution is 14.0. The van der Waals surface area contributed by atoms with Crippen molar-refractivity contribution in [3.05, 3.63) is 35.9 Å². The van der Waals surface area contributed by atoms with Gasteiger partial charge in [-0.25, -0.2) is 0 Å². The van der Waals surface area contributed by atoms with E-state index in [0.717, 1.165) is 32.2 Å². The first-order valence-corrected chi connectivity index (χ1v) is 9.11. The van der Waals surface area contributed by atoms with Crippen LogP contribution in [0.25, 0.3) is 0 Å². The van der Waals surface area contributed by atoms with Crippen molar-refractivity contribution in [3.8, 4) is 0 Å². The van der Waals surface area contributed by atoms with Crippen molar-refractivity contribution in [1.29, 1.82) is 0 Å². The van der Waals surface area contributed by atoms with Gasteiger partial charge < -0.3 is 15.4 Å². The van der Waals surface area contributed by atoms with Gasteiger partial charge in [0.05, 0.1) is 12.7 Å². The predicted octanol–water partition coefficient (Wildman–Crippen LogP) is 2.44. The Morgan fingerprint density at radius 2 is 2.12 bits per heavy atom. The Bertz CT molecular complexity index is 539. The van der Waals surface area contributed by atoms with Gasteiger partial charge in [0, 0.05) is 32.7 Å². The smallest absolute Gasteiger partial charge is 0.191 e. The summed E-state index contributed by atoms with van der Waals surface area (Å²) < 4.78 is 5.99. The molecule has 1 aromatic rings. The Kier molecular flexibility index (Phi) is 8.45. The lowest BCUT2D eigenvalue weighted by Gasteiger charge is -2.35. The van der Waals surface area contributed by atoms with Crippen LogP contribution in [0.4, 0.5) is 0 Å². The minimum atomic E-state index is 0. The zero-order chi connectivity index (χ0) is 16.8. The molecule has 2 saturated heterocycles. The predicted molar refractivity (Wildman–Crippen MR) is 114 cm³/mol. The van der Waals surface area contributed by atoms with Crippen molar-refractivity contribution in [3.63, 3.8) is 0 Å². The van der Waals surface area contributed by atoms with Crippen LogP contribution >= 0.6 is 24.0 Å². The van der Waals surface area contributed by atoms with Gasteiger partial charge in [-0.1, -0.05) is 37.3 Å². The van der Waals surface area contributed by atoms with Crippen molar-refractivity contribution < 1.29 is 4.74 Å². The maximum absolute atomic E-state index is 5.99. The van der Waals surface area contributed by atoms with E-state index in [4.69, 9.17) is 4.74 Å². The summed E-state index contributed by atoms with van der Waals surface area (Å²) in [5.74, 6) is 1.30. The maximum Gasteiger partial charge on any atom is 0.191 e. The largest absolute Gasteiger partial charge is 0.373 e. The number of ether oxygens (including phenoxy) is 1.